The van der Waals surface area contributed by atoms with Crippen LogP contribution < -0.4 is 0 Å². The van der Waals surface area contributed by atoms with Crippen LogP contribution in [0.4, 0.5) is 0 Å². The van der Waals surface area contributed by atoms with E-state index in [-0.39, 0.29) is 0 Å². The van der Waals surface area contributed by atoms with Crippen molar-refractivity contribution in [1.82, 2.24) is 9.78 Å². The standard InChI is InChI=1S/C9H13IN2O/c10-9-4-11-12(6-9)5-8-2-1-3-13-7-8/h4,6,8H,1-3,5,7H2. The maximum Gasteiger partial charge on any atom is 0.0623 e. The molecule has 3 nitrogen and oxygen atoms in total. The number of rotatable bonds is 2. The van der Waals surface area contributed by atoms with Crippen molar-refractivity contribution in [1.29, 1.82) is 0 Å². The molecule has 1 saturated heterocycles. The van der Waals surface area contributed by atoms with Crippen LogP contribution >= 0.6 is 22.6 Å². The highest BCUT2D eigenvalue weighted by molar-refractivity contribution is 14.1. The average Bonchev–Trinajstić information content (AvgIpc) is 2.53. The Hall–Kier alpha value is -0.100. The summed E-state index contributed by atoms with van der Waals surface area (Å²) >= 11 is 2.28. The highest BCUT2D eigenvalue weighted by atomic mass is 127. The highest BCUT2D eigenvalue weighted by Crippen LogP contribution is 2.15. The van der Waals surface area contributed by atoms with Gasteiger partial charge >= 0.3 is 0 Å². The molecule has 1 aliphatic rings. The second kappa shape index (κ2) is 4.41. The van der Waals surface area contributed by atoms with Gasteiger partial charge in [-0.1, -0.05) is 0 Å². The molecule has 1 atom stereocenters. The minimum absolute atomic E-state index is 0.657. The predicted octanol–water partition coefficient (Wildman–Crippen LogP) is 1.91. The van der Waals surface area contributed by atoms with Gasteiger partial charge in [0, 0.05) is 25.3 Å². The van der Waals surface area contributed by atoms with E-state index in [1.807, 2.05) is 10.9 Å². The second-order valence-corrected chi connectivity index (χ2v) is 4.71. The van der Waals surface area contributed by atoms with Gasteiger partial charge in [-0.05, 0) is 35.4 Å². The fourth-order valence-corrected chi connectivity index (χ4v) is 2.10. The largest absolute Gasteiger partial charge is 0.381 e. The van der Waals surface area contributed by atoms with Gasteiger partial charge in [-0.2, -0.15) is 5.10 Å². The molecule has 1 fully saturated rings. The fourth-order valence-electron chi connectivity index (χ4n) is 1.65. The molecule has 2 heterocycles. The van der Waals surface area contributed by atoms with Crippen LogP contribution in [0.2, 0.25) is 0 Å². The van der Waals surface area contributed by atoms with Crippen molar-refractivity contribution in [3.8, 4) is 0 Å². The summed E-state index contributed by atoms with van der Waals surface area (Å²) < 4.78 is 8.64. The van der Waals surface area contributed by atoms with Crippen molar-refractivity contribution in [2.75, 3.05) is 13.2 Å². The molecule has 0 spiro atoms. The van der Waals surface area contributed by atoms with E-state index in [0.717, 1.165) is 19.8 Å². The summed E-state index contributed by atoms with van der Waals surface area (Å²) in [7, 11) is 0. The van der Waals surface area contributed by atoms with E-state index in [1.165, 1.54) is 16.4 Å². The Bertz CT molecular complexity index is 268. The molecule has 0 bridgehead atoms. The molecule has 0 radical (unpaired) electrons. The quantitative estimate of drug-likeness (QED) is 0.779. The van der Waals surface area contributed by atoms with Gasteiger partial charge in [-0.15, -0.1) is 0 Å². The third-order valence-electron chi connectivity index (χ3n) is 2.30. The third kappa shape index (κ3) is 2.67. The molecule has 72 valence electrons. The van der Waals surface area contributed by atoms with Gasteiger partial charge in [0.2, 0.25) is 0 Å². The van der Waals surface area contributed by atoms with E-state index in [2.05, 4.69) is 33.9 Å². The number of ether oxygens (including phenoxy) is 1. The van der Waals surface area contributed by atoms with Crippen molar-refractivity contribution >= 4 is 22.6 Å². The van der Waals surface area contributed by atoms with Gasteiger partial charge in [-0.25, -0.2) is 0 Å². The molecule has 4 heteroatoms. The number of aromatic nitrogens is 2. The Labute approximate surface area is 91.6 Å². The Morgan fingerprint density at radius 2 is 2.62 bits per heavy atom. The van der Waals surface area contributed by atoms with Gasteiger partial charge < -0.3 is 4.74 Å². The molecule has 0 aliphatic carbocycles. The van der Waals surface area contributed by atoms with Gasteiger partial charge in [-0.3, -0.25) is 4.68 Å². The maximum absolute atomic E-state index is 5.42. The molecule has 2 rings (SSSR count). The predicted molar refractivity (Wildman–Crippen MR) is 58.5 cm³/mol. The van der Waals surface area contributed by atoms with Gasteiger partial charge in [0.25, 0.3) is 0 Å². The van der Waals surface area contributed by atoms with Crippen LogP contribution in [-0.2, 0) is 11.3 Å². The molecule has 1 unspecified atom stereocenters. The molecule has 13 heavy (non-hydrogen) atoms. The Kier molecular flexibility index (Phi) is 3.21. The number of hydrogen-bond acceptors (Lipinski definition) is 2. The topological polar surface area (TPSA) is 27.1 Å². The summed E-state index contributed by atoms with van der Waals surface area (Å²) in [4.78, 5) is 0. The van der Waals surface area contributed by atoms with E-state index < -0.39 is 0 Å². The van der Waals surface area contributed by atoms with Crippen molar-refractivity contribution in [2.24, 2.45) is 5.92 Å². The van der Waals surface area contributed by atoms with Crippen molar-refractivity contribution in [2.45, 2.75) is 19.4 Å². The van der Waals surface area contributed by atoms with Crippen LogP contribution in [0.15, 0.2) is 12.4 Å². The minimum Gasteiger partial charge on any atom is -0.381 e. The molecule has 0 saturated carbocycles. The second-order valence-electron chi connectivity index (χ2n) is 3.46. The Morgan fingerprint density at radius 1 is 1.69 bits per heavy atom. The van der Waals surface area contributed by atoms with Crippen LogP contribution in [0.3, 0.4) is 0 Å². The smallest absolute Gasteiger partial charge is 0.0623 e. The van der Waals surface area contributed by atoms with Crippen molar-refractivity contribution in [3.05, 3.63) is 16.0 Å². The molecule has 0 N–H and O–H groups in total. The van der Waals surface area contributed by atoms with Crippen LogP contribution in [0, 0.1) is 9.49 Å². The number of halogens is 1. The first kappa shape index (κ1) is 9.45. The third-order valence-corrected chi connectivity index (χ3v) is 2.86. The highest BCUT2D eigenvalue weighted by Gasteiger charge is 2.14. The van der Waals surface area contributed by atoms with E-state index >= 15 is 0 Å². The van der Waals surface area contributed by atoms with Crippen LogP contribution in [0.1, 0.15) is 12.8 Å². The van der Waals surface area contributed by atoms with Crippen LogP contribution in [-0.4, -0.2) is 23.0 Å². The van der Waals surface area contributed by atoms with Gasteiger partial charge in [0.1, 0.15) is 0 Å². The zero-order chi connectivity index (χ0) is 9.10. The number of hydrogen-bond donors (Lipinski definition) is 0. The minimum atomic E-state index is 0.657. The molecule has 1 aromatic rings. The molecule has 1 aliphatic heterocycles. The summed E-state index contributed by atoms with van der Waals surface area (Å²) in [6.45, 7) is 2.84. The van der Waals surface area contributed by atoms with Crippen LogP contribution in [0.25, 0.3) is 0 Å². The summed E-state index contributed by atoms with van der Waals surface area (Å²) in [6.07, 6.45) is 6.44. The summed E-state index contributed by atoms with van der Waals surface area (Å²) in [5.74, 6) is 0.657. The molecule has 0 aromatic carbocycles. The first-order chi connectivity index (χ1) is 6.34. The van der Waals surface area contributed by atoms with Gasteiger partial charge in [0.15, 0.2) is 0 Å². The molecule has 1 aromatic heterocycles. The first-order valence-electron chi connectivity index (χ1n) is 4.60. The lowest BCUT2D eigenvalue weighted by Gasteiger charge is -2.21. The van der Waals surface area contributed by atoms with E-state index in [9.17, 15) is 0 Å². The Balaban J connectivity index is 1.89. The zero-order valence-corrected chi connectivity index (χ0v) is 9.61. The SMILES string of the molecule is Ic1cnn(CC2CCCOC2)c1. The van der Waals surface area contributed by atoms with Gasteiger partial charge in [0.05, 0.1) is 16.4 Å². The maximum atomic E-state index is 5.42. The summed E-state index contributed by atoms with van der Waals surface area (Å²) in [5, 5.41) is 4.26. The molecular formula is C9H13IN2O. The molecule has 0 amide bonds. The van der Waals surface area contributed by atoms with E-state index in [4.69, 9.17) is 4.74 Å². The van der Waals surface area contributed by atoms with Crippen molar-refractivity contribution in [3.63, 3.8) is 0 Å². The fraction of sp³-hybridized carbons (Fsp3) is 0.667. The van der Waals surface area contributed by atoms with Crippen LogP contribution in [0.5, 0.6) is 0 Å². The Morgan fingerprint density at radius 3 is 3.23 bits per heavy atom. The lowest BCUT2D eigenvalue weighted by atomic mass is 10.0. The van der Waals surface area contributed by atoms with Crippen molar-refractivity contribution < 1.29 is 4.74 Å². The zero-order valence-electron chi connectivity index (χ0n) is 7.45. The van der Waals surface area contributed by atoms with E-state index in [0.29, 0.717) is 5.92 Å². The first-order valence-corrected chi connectivity index (χ1v) is 5.68. The average molecular weight is 292 g/mol. The lowest BCUT2D eigenvalue weighted by Crippen LogP contribution is -2.22. The summed E-state index contributed by atoms with van der Waals surface area (Å²) in [6, 6.07) is 0. The van der Waals surface area contributed by atoms with E-state index in [1.54, 1.807) is 0 Å². The number of nitrogens with zero attached hydrogens (tertiary/aromatic N) is 2. The molecular weight excluding hydrogens is 279 g/mol. The monoisotopic (exact) mass is 292 g/mol. The summed E-state index contributed by atoms with van der Waals surface area (Å²) in [5.41, 5.74) is 0. The lowest BCUT2D eigenvalue weighted by molar-refractivity contribution is 0.0470. The normalized spacial score (nSPS) is 23.3.